The Bertz CT molecular complexity index is 629. The molecule has 2 rings (SSSR count). The number of aromatic nitrogens is 1. The van der Waals surface area contributed by atoms with Gasteiger partial charge in [-0.3, -0.25) is 10.1 Å². The Balaban J connectivity index is 2.10. The molecule has 1 aromatic heterocycles. The van der Waals surface area contributed by atoms with E-state index in [4.69, 9.17) is 9.47 Å². The van der Waals surface area contributed by atoms with Crippen LogP contribution in [0.1, 0.15) is 5.56 Å². The van der Waals surface area contributed by atoms with Gasteiger partial charge in [-0.1, -0.05) is 0 Å². The summed E-state index contributed by atoms with van der Waals surface area (Å²) >= 11 is 0. The van der Waals surface area contributed by atoms with E-state index in [9.17, 15) is 10.1 Å². The predicted octanol–water partition coefficient (Wildman–Crippen LogP) is 2.62. The van der Waals surface area contributed by atoms with Crippen LogP contribution >= 0.6 is 0 Å². The lowest BCUT2D eigenvalue weighted by Gasteiger charge is -2.11. The number of rotatable bonds is 6. The van der Waals surface area contributed by atoms with Crippen LogP contribution in [0.3, 0.4) is 0 Å². The number of anilines is 1. The molecule has 0 aliphatic heterocycles. The second kappa shape index (κ2) is 6.56. The Hall–Kier alpha value is -2.83. The Labute approximate surface area is 121 Å². The number of ether oxygens (including phenoxy) is 2. The van der Waals surface area contributed by atoms with E-state index in [0.717, 1.165) is 17.1 Å². The summed E-state index contributed by atoms with van der Waals surface area (Å²) in [5.74, 6) is 2.00. The quantitative estimate of drug-likeness (QED) is 0.649. The van der Waals surface area contributed by atoms with Gasteiger partial charge in [0.15, 0.2) is 0 Å². The van der Waals surface area contributed by atoms with E-state index in [-0.39, 0.29) is 5.69 Å². The van der Waals surface area contributed by atoms with Crippen LogP contribution in [0.15, 0.2) is 36.5 Å². The van der Waals surface area contributed by atoms with Gasteiger partial charge >= 0.3 is 0 Å². The molecule has 0 saturated carbocycles. The van der Waals surface area contributed by atoms with E-state index in [0.29, 0.717) is 12.4 Å². The molecule has 110 valence electrons. The van der Waals surface area contributed by atoms with Gasteiger partial charge in [0.25, 0.3) is 5.69 Å². The molecule has 21 heavy (non-hydrogen) atoms. The van der Waals surface area contributed by atoms with Crippen LogP contribution in [0.4, 0.5) is 11.5 Å². The Morgan fingerprint density at radius 2 is 2.05 bits per heavy atom. The lowest BCUT2D eigenvalue weighted by molar-refractivity contribution is -0.385. The standard InChI is InChI=1S/C14H15N3O4/c1-20-12-4-5-13(21-2)10(7-12)8-15-14-6-3-11(9-16-14)17(18)19/h3-7,9H,8H2,1-2H3,(H,15,16). The number of nitro groups is 1. The van der Waals surface area contributed by atoms with Crippen molar-refractivity contribution >= 4 is 11.5 Å². The minimum Gasteiger partial charge on any atom is -0.497 e. The topological polar surface area (TPSA) is 86.5 Å². The van der Waals surface area contributed by atoms with Gasteiger partial charge in [0.05, 0.1) is 19.1 Å². The first-order valence-electron chi connectivity index (χ1n) is 6.19. The van der Waals surface area contributed by atoms with Crippen molar-refractivity contribution in [2.75, 3.05) is 19.5 Å². The van der Waals surface area contributed by atoms with Crippen LogP contribution in [0.25, 0.3) is 0 Å². The molecular weight excluding hydrogens is 274 g/mol. The highest BCUT2D eigenvalue weighted by Gasteiger charge is 2.07. The van der Waals surface area contributed by atoms with Crippen LogP contribution in [0.5, 0.6) is 11.5 Å². The summed E-state index contributed by atoms with van der Waals surface area (Å²) in [4.78, 5) is 14.1. The van der Waals surface area contributed by atoms with Gasteiger partial charge in [0.1, 0.15) is 23.5 Å². The summed E-state index contributed by atoms with van der Waals surface area (Å²) in [7, 11) is 3.19. The molecule has 0 fully saturated rings. The number of nitrogens with zero attached hydrogens (tertiary/aromatic N) is 2. The first-order chi connectivity index (χ1) is 10.1. The fourth-order valence-electron chi connectivity index (χ4n) is 1.80. The van der Waals surface area contributed by atoms with Crippen molar-refractivity contribution in [3.8, 4) is 11.5 Å². The molecule has 1 heterocycles. The molecule has 0 amide bonds. The third-order valence-electron chi connectivity index (χ3n) is 2.91. The zero-order chi connectivity index (χ0) is 15.2. The average molecular weight is 289 g/mol. The molecule has 0 bridgehead atoms. The van der Waals surface area contributed by atoms with Gasteiger partial charge in [-0.05, 0) is 24.3 Å². The molecule has 0 aliphatic rings. The van der Waals surface area contributed by atoms with E-state index < -0.39 is 4.92 Å². The molecule has 0 saturated heterocycles. The Morgan fingerprint density at radius 1 is 1.24 bits per heavy atom. The van der Waals surface area contributed by atoms with Crippen molar-refractivity contribution in [2.24, 2.45) is 0 Å². The zero-order valence-electron chi connectivity index (χ0n) is 11.7. The molecule has 0 unspecified atom stereocenters. The van der Waals surface area contributed by atoms with Crippen molar-refractivity contribution in [1.29, 1.82) is 0 Å². The van der Waals surface area contributed by atoms with Crippen LogP contribution < -0.4 is 14.8 Å². The smallest absolute Gasteiger partial charge is 0.287 e. The van der Waals surface area contributed by atoms with Crippen LogP contribution in [-0.4, -0.2) is 24.1 Å². The number of hydrogen-bond donors (Lipinski definition) is 1. The van der Waals surface area contributed by atoms with E-state index >= 15 is 0 Å². The van der Waals surface area contributed by atoms with Gasteiger partial charge in [0.2, 0.25) is 0 Å². The fourth-order valence-corrected chi connectivity index (χ4v) is 1.80. The van der Waals surface area contributed by atoms with Crippen LogP contribution in [0, 0.1) is 10.1 Å². The highest BCUT2D eigenvalue weighted by Crippen LogP contribution is 2.24. The normalized spacial score (nSPS) is 10.0. The molecule has 0 radical (unpaired) electrons. The van der Waals surface area contributed by atoms with Crippen molar-refractivity contribution < 1.29 is 14.4 Å². The first-order valence-corrected chi connectivity index (χ1v) is 6.19. The second-order valence-electron chi connectivity index (χ2n) is 4.19. The van der Waals surface area contributed by atoms with E-state index in [1.54, 1.807) is 20.3 Å². The number of hydrogen-bond acceptors (Lipinski definition) is 6. The number of nitrogens with one attached hydrogen (secondary N) is 1. The van der Waals surface area contributed by atoms with Crippen molar-refractivity contribution in [3.63, 3.8) is 0 Å². The second-order valence-corrected chi connectivity index (χ2v) is 4.19. The van der Waals surface area contributed by atoms with Gasteiger partial charge < -0.3 is 14.8 Å². The van der Waals surface area contributed by atoms with Crippen molar-refractivity contribution in [1.82, 2.24) is 4.98 Å². The highest BCUT2D eigenvalue weighted by molar-refractivity contribution is 5.45. The summed E-state index contributed by atoms with van der Waals surface area (Å²) in [5.41, 5.74) is 0.858. The summed E-state index contributed by atoms with van der Waals surface area (Å²) in [6.45, 7) is 0.463. The molecule has 1 N–H and O–H groups in total. The SMILES string of the molecule is COc1ccc(OC)c(CNc2ccc([N+](=O)[O-])cn2)c1. The minimum absolute atomic E-state index is 0.0421. The minimum atomic E-state index is -0.484. The van der Waals surface area contributed by atoms with Crippen LogP contribution in [-0.2, 0) is 6.54 Å². The molecule has 0 aliphatic carbocycles. The monoisotopic (exact) mass is 289 g/mol. The van der Waals surface area contributed by atoms with Crippen LogP contribution in [0.2, 0.25) is 0 Å². The Morgan fingerprint density at radius 3 is 2.62 bits per heavy atom. The van der Waals surface area contributed by atoms with E-state index in [1.807, 2.05) is 18.2 Å². The maximum atomic E-state index is 10.6. The highest BCUT2D eigenvalue weighted by atomic mass is 16.6. The average Bonchev–Trinajstić information content (AvgIpc) is 2.52. The summed E-state index contributed by atoms with van der Waals surface area (Å²) in [6, 6.07) is 8.45. The lowest BCUT2D eigenvalue weighted by Crippen LogP contribution is -2.03. The number of benzene rings is 1. The summed E-state index contributed by atoms with van der Waals surface area (Å²) < 4.78 is 10.5. The van der Waals surface area contributed by atoms with Crippen molar-refractivity contribution in [2.45, 2.75) is 6.54 Å². The fraction of sp³-hybridized carbons (Fsp3) is 0.214. The largest absolute Gasteiger partial charge is 0.497 e. The third-order valence-corrected chi connectivity index (χ3v) is 2.91. The molecule has 2 aromatic rings. The third kappa shape index (κ3) is 3.59. The Kier molecular flexibility index (Phi) is 4.55. The van der Waals surface area contributed by atoms with Gasteiger partial charge in [0, 0.05) is 18.2 Å². The van der Waals surface area contributed by atoms with E-state index in [2.05, 4.69) is 10.3 Å². The zero-order valence-corrected chi connectivity index (χ0v) is 11.7. The van der Waals surface area contributed by atoms with Gasteiger partial charge in [-0.15, -0.1) is 0 Å². The van der Waals surface area contributed by atoms with E-state index in [1.165, 1.54) is 12.3 Å². The predicted molar refractivity (Wildman–Crippen MR) is 77.8 cm³/mol. The van der Waals surface area contributed by atoms with Crippen molar-refractivity contribution in [3.05, 3.63) is 52.2 Å². The first kappa shape index (κ1) is 14.6. The van der Waals surface area contributed by atoms with Gasteiger partial charge in [-0.25, -0.2) is 4.98 Å². The molecule has 0 spiro atoms. The molecule has 1 aromatic carbocycles. The number of pyridine rings is 1. The lowest BCUT2D eigenvalue weighted by atomic mass is 10.2. The molecule has 7 nitrogen and oxygen atoms in total. The molecule has 0 atom stereocenters. The maximum absolute atomic E-state index is 10.6. The summed E-state index contributed by atoms with van der Waals surface area (Å²) in [6.07, 6.45) is 1.21. The molecule has 7 heteroatoms. The summed E-state index contributed by atoms with van der Waals surface area (Å²) in [5, 5.41) is 13.6. The molecular formula is C14H15N3O4. The maximum Gasteiger partial charge on any atom is 0.287 e. The number of methoxy groups -OCH3 is 2. The van der Waals surface area contributed by atoms with Gasteiger partial charge in [-0.2, -0.15) is 0 Å².